The van der Waals surface area contributed by atoms with Crippen LogP contribution in [0.1, 0.15) is 35.5 Å². The smallest absolute Gasteiger partial charge is 0.408 e. The maximum Gasteiger partial charge on any atom is 0.408 e. The zero-order chi connectivity index (χ0) is 38.2. The molecule has 6 rings (SSSR count). The molecule has 2 amide bonds. The van der Waals surface area contributed by atoms with Gasteiger partial charge in [0.2, 0.25) is 0 Å². The number of hydrogen-bond acceptors (Lipinski definition) is 10. The van der Waals surface area contributed by atoms with E-state index in [1.54, 1.807) is 86.4 Å². The van der Waals surface area contributed by atoms with Crippen molar-refractivity contribution in [3.05, 3.63) is 137 Å². The highest BCUT2D eigenvalue weighted by molar-refractivity contribution is 6.04. The van der Waals surface area contributed by atoms with Crippen molar-refractivity contribution in [3.8, 4) is 22.9 Å². The van der Waals surface area contributed by atoms with Gasteiger partial charge in [-0.3, -0.25) is 19.3 Å². The number of aromatic nitrogens is 4. The fourth-order valence-electron chi connectivity index (χ4n) is 5.67. The largest absolute Gasteiger partial charge is 0.497 e. The second-order valence-corrected chi connectivity index (χ2v) is 12.3. The molecule has 0 spiro atoms. The molecule has 0 aliphatic heterocycles. The molecule has 14 heteroatoms. The molecule has 2 N–H and O–H groups in total. The molecule has 0 radical (unpaired) electrons. The number of anilines is 1. The van der Waals surface area contributed by atoms with Crippen molar-refractivity contribution < 1.29 is 33.3 Å². The van der Waals surface area contributed by atoms with Gasteiger partial charge in [0, 0.05) is 17.6 Å². The summed E-state index contributed by atoms with van der Waals surface area (Å²) in [7, 11) is 1.58. The van der Waals surface area contributed by atoms with Crippen molar-refractivity contribution in [3.63, 3.8) is 0 Å². The van der Waals surface area contributed by atoms with Crippen LogP contribution >= 0.6 is 0 Å². The zero-order valence-electron chi connectivity index (χ0n) is 30.0. The van der Waals surface area contributed by atoms with Gasteiger partial charge in [0.25, 0.3) is 11.5 Å². The van der Waals surface area contributed by atoms with Gasteiger partial charge in [-0.2, -0.15) is 0 Å². The Bertz CT molecular complexity index is 2330. The summed E-state index contributed by atoms with van der Waals surface area (Å²) in [5, 5.41) is 5.96. The van der Waals surface area contributed by atoms with Gasteiger partial charge in [-0.1, -0.05) is 48.5 Å². The molecule has 0 aliphatic carbocycles. The first kappa shape index (κ1) is 36.8. The van der Waals surface area contributed by atoms with Crippen molar-refractivity contribution in [2.75, 3.05) is 12.4 Å². The number of rotatable bonds is 13. The van der Waals surface area contributed by atoms with Gasteiger partial charge in [0.05, 0.1) is 36.7 Å². The first-order chi connectivity index (χ1) is 26.1. The summed E-state index contributed by atoms with van der Waals surface area (Å²) in [6.45, 7) is 4.82. The quantitative estimate of drug-likeness (QED) is 0.131. The van der Waals surface area contributed by atoms with E-state index in [-0.39, 0.29) is 24.5 Å². The number of alkyl carbamates (subject to hydrolysis) is 1. The highest BCUT2D eigenvalue weighted by Gasteiger charge is 2.27. The Hall–Kier alpha value is -6.96. The minimum absolute atomic E-state index is 0.0148. The fourth-order valence-corrected chi connectivity index (χ4v) is 5.67. The molecule has 6 aromatic rings. The number of benzene rings is 3. The normalized spacial score (nSPS) is 12.0. The maximum absolute atomic E-state index is 13.9. The minimum Gasteiger partial charge on any atom is -0.497 e. The molecule has 0 saturated carbocycles. The molecule has 2 atom stereocenters. The lowest BCUT2D eigenvalue weighted by molar-refractivity contribution is -0.151. The molecular weight excluding hydrogens is 692 g/mol. The van der Waals surface area contributed by atoms with Gasteiger partial charge in [0.1, 0.15) is 47.4 Å². The van der Waals surface area contributed by atoms with Crippen molar-refractivity contribution in [1.29, 1.82) is 0 Å². The van der Waals surface area contributed by atoms with Crippen LogP contribution in [0.2, 0.25) is 0 Å². The third-order valence-electron chi connectivity index (χ3n) is 8.39. The lowest BCUT2D eigenvalue weighted by Gasteiger charge is -2.21. The van der Waals surface area contributed by atoms with E-state index < -0.39 is 35.7 Å². The number of hydrogen-bond donors (Lipinski definition) is 2. The molecule has 3 heterocycles. The molecule has 3 aromatic heterocycles. The van der Waals surface area contributed by atoms with E-state index >= 15 is 0 Å². The van der Waals surface area contributed by atoms with E-state index in [9.17, 15) is 19.2 Å². The second-order valence-electron chi connectivity index (χ2n) is 12.3. The number of methoxy groups -OCH3 is 1. The SMILES string of the molecule is COc1ccc2c(Oc3ccc(NC(=O)c4c(C)n(C[C@@H](C)OC(=O)C(C)NC(=O)OCc5ccccc5)n(-c5ccccc5)c4=O)nc3)ccnc2c1. The first-order valence-corrected chi connectivity index (χ1v) is 17.0. The Morgan fingerprint density at radius 2 is 1.59 bits per heavy atom. The van der Waals surface area contributed by atoms with E-state index in [0.29, 0.717) is 34.1 Å². The minimum atomic E-state index is -1.02. The van der Waals surface area contributed by atoms with Crippen LogP contribution < -0.4 is 25.7 Å². The number of esters is 1. The van der Waals surface area contributed by atoms with Crippen LogP contribution in [-0.2, 0) is 27.4 Å². The third-order valence-corrected chi connectivity index (χ3v) is 8.39. The van der Waals surface area contributed by atoms with Crippen LogP contribution in [0.15, 0.2) is 114 Å². The van der Waals surface area contributed by atoms with E-state index in [1.807, 2.05) is 42.5 Å². The molecule has 14 nitrogen and oxygen atoms in total. The second kappa shape index (κ2) is 16.6. The molecule has 54 heavy (non-hydrogen) atoms. The van der Waals surface area contributed by atoms with Gasteiger partial charge < -0.3 is 29.6 Å². The molecule has 0 bridgehead atoms. The number of fused-ring (bicyclic) bond motifs is 1. The van der Waals surface area contributed by atoms with Crippen molar-refractivity contribution in [2.24, 2.45) is 0 Å². The molecule has 1 unspecified atom stereocenters. The highest BCUT2D eigenvalue weighted by atomic mass is 16.6. The Kier molecular flexibility index (Phi) is 11.3. The van der Waals surface area contributed by atoms with Crippen LogP contribution in [0.3, 0.4) is 0 Å². The summed E-state index contributed by atoms with van der Waals surface area (Å²) in [4.78, 5) is 61.5. The molecule has 0 aliphatic rings. The van der Waals surface area contributed by atoms with E-state index in [0.717, 1.165) is 10.9 Å². The van der Waals surface area contributed by atoms with E-state index in [4.69, 9.17) is 18.9 Å². The standard InChI is InChI=1S/C40H38N6O8/c1-25(53-39(49)26(2)43-40(50)52-24-28-11-7-5-8-12-28)23-45-27(3)36(38(48)46(45)29-13-9-6-10-14-29)37(47)44-35-18-16-31(22-42-35)54-34-19-20-41-33-21-30(51-4)15-17-32(33)34/h5-22,25-26H,23-24H2,1-4H3,(H,43,50)(H,42,44,47)/t25-,26?/m1/s1. The molecule has 3 aromatic carbocycles. The zero-order valence-corrected chi connectivity index (χ0v) is 30.0. The van der Waals surface area contributed by atoms with Gasteiger partial charge >= 0.3 is 12.1 Å². The van der Waals surface area contributed by atoms with Crippen LogP contribution in [0.5, 0.6) is 17.2 Å². The molecular formula is C40H38N6O8. The predicted octanol–water partition coefficient (Wildman–Crippen LogP) is 6.19. The van der Waals surface area contributed by atoms with Gasteiger partial charge in [-0.05, 0) is 68.8 Å². The summed E-state index contributed by atoms with van der Waals surface area (Å²) in [5.74, 6) is 0.472. The topological polar surface area (TPSA) is 165 Å². The summed E-state index contributed by atoms with van der Waals surface area (Å²) in [6.07, 6.45) is 1.55. The number of carbonyl (C=O) groups excluding carboxylic acids is 3. The lowest BCUT2D eigenvalue weighted by atomic mass is 10.2. The lowest BCUT2D eigenvalue weighted by Crippen LogP contribution is -2.41. The highest BCUT2D eigenvalue weighted by Crippen LogP contribution is 2.31. The van der Waals surface area contributed by atoms with Gasteiger partial charge in [0.15, 0.2) is 0 Å². The third kappa shape index (κ3) is 8.56. The number of pyridine rings is 2. The van der Waals surface area contributed by atoms with Gasteiger partial charge in [-0.15, -0.1) is 0 Å². The fraction of sp³-hybridized carbons (Fsp3) is 0.200. The van der Waals surface area contributed by atoms with Gasteiger partial charge in [-0.25, -0.2) is 19.3 Å². The number of nitrogens with zero attached hydrogens (tertiary/aromatic N) is 4. The average Bonchev–Trinajstić information content (AvgIpc) is 3.42. The molecule has 276 valence electrons. The maximum atomic E-state index is 13.9. The summed E-state index contributed by atoms with van der Waals surface area (Å²) >= 11 is 0. The number of para-hydroxylation sites is 1. The first-order valence-electron chi connectivity index (χ1n) is 17.0. The monoisotopic (exact) mass is 730 g/mol. The van der Waals surface area contributed by atoms with Crippen LogP contribution in [-0.4, -0.2) is 56.6 Å². The Morgan fingerprint density at radius 1 is 0.870 bits per heavy atom. The Morgan fingerprint density at radius 3 is 2.30 bits per heavy atom. The number of nitrogens with one attached hydrogen (secondary N) is 2. The van der Waals surface area contributed by atoms with Crippen molar-refractivity contribution in [1.82, 2.24) is 24.6 Å². The van der Waals surface area contributed by atoms with Crippen molar-refractivity contribution >= 4 is 34.7 Å². The summed E-state index contributed by atoms with van der Waals surface area (Å²) < 4.78 is 25.1. The molecule has 0 saturated heterocycles. The summed E-state index contributed by atoms with van der Waals surface area (Å²) in [5.41, 5.74) is 1.64. The van der Waals surface area contributed by atoms with Crippen molar-refractivity contribution in [2.45, 2.75) is 46.1 Å². The molecule has 0 fully saturated rings. The summed E-state index contributed by atoms with van der Waals surface area (Å²) in [6, 6.07) is 27.3. The average molecular weight is 731 g/mol. The van der Waals surface area contributed by atoms with Crippen LogP contribution in [0.25, 0.3) is 16.6 Å². The van der Waals surface area contributed by atoms with Crippen LogP contribution in [0, 0.1) is 6.92 Å². The number of ether oxygens (including phenoxy) is 4. The Labute approximate surface area is 310 Å². The Balaban J connectivity index is 1.14. The predicted molar refractivity (Wildman–Crippen MR) is 200 cm³/mol. The van der Waals surface area contributed by atoms with Crippen LogP contribution in [0.4, 0.5) is 10.6 Å². The van der Waals surface area contributed by atoms with E-state index in [1.165, 1.54) is 17.8 Å². The number of amides is 2. The van der Waals surface area contributed by atoms with E-state index in [2.05, 4.69) is 20.6 Å². The number of carbonyl (C=O) groups is 3.